The maximum absolute atomic E-state index is 13.0. The fraction of sp³-hybridized carbons (Fsp3) is 0.529. The average Bonchev–Trinajstić information content (AvgIpc) is 3.15. The zero-order valence-electron chi connectivity index (χ0n) is 14.0. The van der Waals surface area contributed by atoms with Crippen LogP contribution >= 0.6 is 0 Å². The van der Waals surface area contributed by atoms with E-state index >= 15 is 0 Å². The van der Waals surface area contributed by atoms with Gasteiger partial charge in [-0.05, 0) is 31.7 Å². The van der Waals surface area contributed by atoms with Gasteiger partial charge < -0.3 is 15.5 Å². The first-order chi connectivity index (χ1) is 12.0. The second-order valence-electron chi connectivity index (χ2n) is 6.65. The molecule has 0 bridgehead atoms. The summed E-state index contributed by atoms with van der Waals surface area (Å²) < 4.78 is 0. The molecule has 0 saturated carbocycles. The predicted octanol–water partition coefficient (Wildman–Crippen LogP) is 1.53. The van der Waals surface area contributed by atoms with Gasteiger partial charge in [0.1, 0.15) is 0 Å². The standard InChI is InChI=1S/C17H22N4O4/c18-16(22)12-4-3-9-20(11-12)17(23)14-10-13(21(24)25)5-6-15(14)19-7-1-2-8-19/h5-6,10,12H,1-4,7-9,11H2,(H2,18,22). The number of nitrogens with two attached hydrogens (primary N) is 1. The Kier molecular flexibility index (Phi) is 4.87. The number of carbonyl (C=O) groups is 2. The molecule has 1 aromatic rings. The summed E-state index contributed by atoms with van der Waals surface area (Å²) in [5, 5.41) is 11.1. The van der Waals surface area contributed by atoms with E-state index in [9.17, 15) is 19.7 Å². The summed E-state index contributed by atoms with van der Waals surface area (Å²) >= 11 is 0. The van der Waals surface area contributed by atoms with Gasteiger partial charge in [0.25, 0.3) is 11.6 Å². The lowest BCUT2D eigenvalue weighted by molar-refractivity contribution is -0.384. The number of nitrogens with zero attached hydrogens (tertiary/aromatic N) is 3. The van der Waals surface area contributed by atoms with E-state index in [2.05, 4.69) is 4.90 Å². The summed E-state index contributed by atoms with van der Waals surface area (Å²) in [4.78, 5) is 38.8. The SMILES string of the molecule is NC(=O)C1CCCN(C(=O)c2cc([N+](=O)[O-])ccc2N2CCCC2)C1. The number of nitro benzene ring substituents is 1. The fourth-order valence-electron chi connectivity index (χ4n) is 3.61. The summed E-state index contributed by atoms with van der Waals surface area (Å²) in [5.41, 5.74) is 6.35. The minimum Gasteiger partial charge on any atom is -0.371 e. The van der Waals surface area contributed by atoms with Crippen LogP contribution in [-0.2, 0) is 4.79 Å². The first-order valence-electron chi connectivity index (χ1n) is 8.59. The Labute approximate surface area is 145 Å². The van der Waals surface area contributed by atoms with Crippen molar-refractivity contribution in [3.8, 4) is 0 Å². The van der Waals surface area contributed by atoms with Crippen LogP contribution in [0.1, 0.15) is 36.0 Å². The smallest absolute Gasteiger partial charge is 0.270 e. The van der Waals surface area contributed by atoms with Crippen LogP contribution in [0.25, 0.3) is 0 Å². The van der Waals surface area contributed by atoms with Gasteiger partial charge in [-0.15, -0.1) is 0 Å². The van der Waals surface area contributed by atoms with Crippen LogP contribution in [0.4, 0.5) is 11.4 Å². The van der Waals surface area contributed by atoms with Crippen molar-refractivity contribution in [3.05, 3.63) is 33.9 Å². The lowest BCUT2D eigenvalue weighted by atomic mass is 9.96. The molecule has 8 nitrogen and oxygen atoms in total. The molecule has 1 unspecified atom stereocenters. The summed E-state index contributed by atoms with van der Waals surface area (Å²) in [7, 11) is 0. The summed E-state index contributed by atoms with van der Waals surface area (Å²) in [6.07, 6.45) is 3.45. The maximum Gasteiger partial charge on any atom is 0.270 e. The lowest BCUT2D eigenvalue weighted by Gasteiger charge is -2.32. The molecule has 2 amide bonds. The second kappa shape index (κ2) is 7.08. The zero-order chi connectivity index (χ0) is 18.0. The molecule has 1 atom stereocenters. The summed E-state index contributed by atoms with van der Waals surface area (Å²) in [6.45, 7) is 2.48. The van der Waals surface area contributed by atoms with Crippen molar-refractivity contribution >= 4 is 23.2 Å². The zero-order valence-corrected chi connectivity index (χ0v) is 14.0. The Morgan fingerprint density at radius 2 is 1.88 bits per heavy atom. The fourth-order valence-corrected chi connectivity index (χ4v) is 3.61. The monoisotopic (exact) mass is 346 g/mol. The largest absolute Gasteiger partial charge is 0.371 e. The molecule has 0 aliphatic carbocycles. The third-order valence-electron chi connectivity index (χ3n) is 4.98. The lowest BCUT2D eigenvalue weighted by Crippen LogP contribution is -2.44. The molecule has 0 aromatic heterocycles. The highest BCUT2D eigenvalue weighted by molar-refractivity contribution is 6.01. The number of non-ortho nitro benzene ring substituents is 1. The van der Waals surface area contributed by atoms with Crippen LogP contribution in [0.3, 0.4) is 0 Å². The molecule has 2 heterocycles. The molecule has 1 aromatic carbocycles. The van der Waals surface area contributed by atoms with Crippen molar-refractivity contribution in [1.82, 2.24) is 4.90 Å². The van der Waals surface area contributed by atoms with Crippen molar-refractivity contribution in [2.45, 2.75) is 25.7 Å². The Hall–Kier alpha value is -2.64. The highest BCUT2D eigenvalue weighted by Gasteiger charge is 2.30. The van der Waals surface area contributed by atoms with Crippen molar-refractivity contribution in [1.29, 1.82) is 0 Å². The molecule has 25 heavy (non-hydrogen) atoms. The van der Waals surface area contributed by atoms with Crippen molar-refractivity contribution in [2.75, 3.05) is 31.1 Å². The second-order valence-corrected chi connectivity index (χ2v) is 6.65. The molecule has 134 valence electrons. The number of primary amides is 1. The molecule has 2 aliphatic heterocycles. The minimum absolute atomic E-state index is 0.102. The van der Waals surface area contributed by atoms with Gasteiger partial charge in [0.05, 0.1) is 22.1 Å². The number of piperidine rings is 1. The normalized spacial score (nSPS) is 20.6. The van der Waals surface area contributed by atoms with Gasteiger partial charge >= 0.3 is 0 Å². The quantitative estimate of drug-likeness (QED) is 0.657. The minimum atomic E-state index is -0.493. The van der Waals surface area contributed by atoms with Gasteiger partial charge in [0, 0.05) is 38.3 Å². The molecule has 0 radical (unpaired) electrons. The van der Waals surface area contributed by atoms with Gasteiger partial charge in [-0.3, -0.25) is 19.7 Å². The summed E-state index contributed by atoms with van der Waals surface area (Å²) in [6, 6.07) is 4.45. The number of amides is 2. The Morgan fingerprint density at radius 3 is 2.52 bits per heavy atom. The van der Waals surface area contributed by atoms with E-state index < -0.39 is 10.8 Å². The number of benzene rings is 1. The molecular formula is C17H22N4O4. The highest BCUT2D eigenvalue weighted by atomic mass is 16.6. The van der Waals surface area contributed by atoms with Crippen LogP contribution in [0, 0.1) is 16.0 Å². The molecule has 2 saturated heterocycles. The highest BCUT2D eigenvalue weighted by Crippen LogP contribution is 2.30. The first-order valence-corrected chi connectivity index (χ1v) is 8.59. The third kappa shape index (κ3) is 3.57. The van der Waals surface area contributed by atoms with Crippen LogP contribution < -0.4 is 10.6 Å². The predicted molar refractivity (Wildman–Crippen MR) is 92.4 cm³/mol. The van der Waals surface area contributed by atoms with Gasteiger partial charge in [-0.25, -0.2) is 0 Å². The van der Waals surface area contributed by atoms with E-state index in [1.807, 2.05) is 0 Å². The van der Waals surface area contributed by atoms with Crippen molar-refractivity contribution < 1.29 is 14.5 Å². The number of hydrogen-bond acceptors (Lipinski definition) is 5. The molecule has 0 spiro atoms. The number of likely N-dealkylation sites (tertiary alicyclic amines) is 1. The van der Waals surface area contributed by atoms with Crippen molar-refractivity contribution in [3.63, 3.8) is 0 Å². The van der Waals surface area contributed by atoms with Crippen LogP contribution in [-0.4, -0.2) is 47.8 Å². The van der Waals surface area contributed by atoms with E-state index in [0.717, 1.165) is 31.6 Å². The van der Waals surface area contributed by atoms with Gasteiger partial charge in [-0.2, -0.15) is 0 Å². The van der Waals surface area contributed by atoms with E-state index in [4.69, 9.17) is 5.73 Å². The topological polar surface area (TPSA) is 110 Å². The Bertz CT molecular complexity index is 700. The first kappa shape index (κ1) is 17.2. The number of nitro groups is 1. The molecule has 3 rings (SSSR count). The number of carbonyl (C=O) groups excluding carboxylic acids is 2. The van der Waals surface area contributed by atoms with Crippen LogP contribution in [0.5, 0.6) is 0 Å². The Morgan fingerprint density at radius 1 is 1.16 bits per heavy atom. The number of hydrogen-bond donors (Lipinski definition) is 1. The van der Waals surface area contributed by atoms with Gasteiger partial charge in [0.2, 0.25) is 5.91 Å². The molecule has 2 N–H and O–H groups in total. The van der Waals surface area contributed by atoms with E-state index in [0.29, 0.717) is 24.9 Å². The molecule has 2 aliphatic rings. The number of anilines is 1. The summed E-state index contributed by atoms with van der Waals surface area (Å²) in [5.74, 6) is -1.03. The molecule has 2 fully saturated rings. The van der Waals surface area contributed by atoms with Gasteiger partial charge in [-0.1, -0.05) is 0 Å². The molecular weight excluding hydrogens is 324 g/mol. The van der Waals surface area contributed by atoms with Crippen molar-refractivity contribution in [2.24, 2.45) is 11.7 Å². The van der Waals surface area contributed by atoms with E-state index in [1.165, 1.54) is 12.1 Å². The number of rotatable bonds is 4. The third-order valence-corrected chi connectivity index (χ3v) is 4.98. The van der Waals surface area contributed by atoms with E-state index in [-0.39, 0.29) is 24.1 Å². The van der Waals surface area contributed by atoms with Crippen LogP contribution in [0.2, 0.25) is 0 Å². The van der Waals surface area contributed by atoms with Gasteiger partial charge in [0.15, 0.2) is 0 Å². The van der Waals surface area contributed by atoms with E-state index in [1.54, 1.807) is 11.0 Å². The Balaban J connectivity index is 1.92. The average molecular weight is 346 g/mol. The molecule has 8 heteroatoms. The van der Waals surface area contributed by atoms with Crippen LogP contribution in [0.15, 0.2) is 18.2 Å². The maximum atomic E-state index is 13.0.